The van der Waals surface area contributed by atoms with E-state index in [1.54, 1.807) is 18.1 Å². The number of ether oxygens (including phenoxy) is 1. The number of rotatable bonds is 8. The number of nitriles is 1. The average molecular weight is 454 g/mol. The molecule has 1 aromatic heterocycles. The smallest absolute Gasteiger partial charge is 0.270 e. The third kappa shape index (κ3) is 4.68. The number of benzene rings is 1. The topological polar surface area (TPSA) is 130 Å². The van der Waals surface area contributed by atoms with Gasteiger partial charge in [-0.2, -0.15) is 5.26 Å². The van der Waals surface area contributed by atoms with Gasteiger partial charge in [-0.05, 0) is 43.4 Å². The summed E-state index contributed by atoms with van der Waals surface area (Å²) in [4.78, 5) is 30.2. The lowest BCUT2D eigenvalue weighted by atomic mass is 9.98. The number of amides is 2. The first-order valence-electron chi connectivity index (χ1n) is 11.5. The monoisotopic (exact) mass is 453 g/mol. The number of fused-ring (bicyclic) bond motifs is 1. The summed E-state index contributed by atoms with van der Waals surface area (Å²) in [5.41, 5.74) is 1.24. The Morgan fingerprint density at radius 1 is 1.45 bits per heavy atom. The second-order valence-corrected chi connectivity index (χ2v) is 8.94. The van der Waals surface area contributed by atoms with Crippen LogP contribution in [0.15, 0.2) is 24.3 Å². The van der Waals surface area contributed by atoms with E-state index in [-0.39, 0.29) is 23.7 Å². The van der Waals surface area contributed by atoms with Crippen molar-refractivity contribution in [2.24, 2.45) is 11.8 Å². The van der Waals surface area contributed by atoms with Crippen molar-refractivity contribution < 1.29 is 19.4 Å². The molecule has 5 unspecified atom stereocenters. The van der Waals surface area contributed by atoms with Crippen LogP contribution >= 0.6 is 0 Å². The van der Waals surface area contributed by atoms with E-state index >= 15 is 0 Å². The number of hydrogen-bond donors (Lipinski definition) is 4. The number of carbonyl (C=O) groups excluding carboxylic acids is 2. The van der Waals surface area contributed by atoms with E-state index in [4.69, 9.17) is 4.74 Å². The molecule has 2 aliphatic rings. The van der Waals surface area contributed by atoms with Crippen molar-refractivity contribution in [3.8, 4) is 11.8 Å². The lowest BCUT2D eigenvalue weighted by Gasteiger charge is -2.30. The number of nitrogens with one attached hydrogen (secondary N) is 3. The molecule has 0 bridgehead atoms. The van der Waals surface area contributed by atoms with Crippen molar-refractivity contribution in [3.05, 3.63) is 30.0 Å². The third-order valence-electron chi connectivity index (χ3n) is 6.92. The summed E-state index contributed by atoms with van der Waals surface area (Å²) in [6.07, 6.45) is 1.47. The minimum atomic E-state index is -1.07. The van der Waals surface area contributed by atoms with Crippen LogP contribution in [0.4, 0.5) is 0 Å². The molecule has 5 atom stereocenters. The van der Waals surface area contributed by atoms with Gasteiger partial charge < -0.3 is 25.0 Å². The fourth-order valence-electron chi connectivity index (χ4n) is 4.99. The van der Waals surface area contributed by atoms with Crippen LogP contribution < -0.4 is 15.4 Å². The van der Waals surface area contributed by atoms with Crippen molar-refractivity contribution in [1.82, 2.24) is 20.5 Å². The Morgan fingerprint density at radius 3 is 2.94 bits per heavy atom. The first-order chi connectivity index (χ1) is 15.9. The van der Waals surface area contributed by atoms with Gasteiger partial charge in [-0.15, -0.1) is 0 Å². The first-order valence-corrected chi connectivity index (χ1v) is 11.5. The maximum atomic E-state index is 13.5. The highest BCUT2D eigenvalue weighted by Gasteiger charge is 2.40. The molecule has 9 nitrogen and oxygen atoms in total. The number of nitrogens with zero attached hydrogens (tertiary/aromatic N) is 2. The summed E-state index contributed by atoms with van der Waals surface area (Å²) in [6, 6.07) is 8.39. The zero-order valence-electron chi connectivity index (χ0n) is 19.0. The molecule has 9 heteroatoms. The molecule has 0 radical (unpaired) electrons. The minimum Gasteiger partial charge on any atom is -0.496 e. The number of aliphatic hydroxyl groups excluding tert-OH is 1. The summed E-state index contributed by atoms with van der Waals surface area (Å²) in [6.45, 7) is 3.22. The number of likely N-dealkylation sites (tertiary alicyclic amines) is 1. The van der Waals surface area contributed by atoms with E-state index in [0.717, 1.165) is 17.3 Å². The first kappa shape index (κ1) is 23.1. The number of aliphatic hydroxyl groups is 1. The molecule has 4 rings (SSSR count). The van der Waals surface area contributed by atoms with Gasteiger partial charge in [0.1, 0.15) is 17.7 Å². The van der Waals surface area contributed by atoms with Crippen LogP contribution in [0.1, 0.15) is 43.1 Å². The number of hydrogen-bond acceptors (Lipinski definition) is 6. The summed E-state index contributed by atoms with van der Waals surface area (Å²) >= 11 is 0. The number of aromatic amines is 1. The molecule has 2 amide bonds. The molecule has 0 aliphatic carbocycles. The Hall–Kier alpha value is -3.09. The van der Waals surface area contributed by atoms with E-state index in [2.05, 4.69) is 28.6 Å². The summed E-state index contributed by atoms with van der Waals surface area (Å²) in [5.74, 6) is 0.459. The molecule has 3 heterocycles. The van der Waals surface area contributed by atoms with Crippen molar-refractivity contribution >= 4 is 22.7 Å². The highest BCUT2D eigenvalue weighted by Crippen LogP contribution is 2.31. The standard InChI is InChI=1S/C24H31N5O4/c1-3-14-9-20(23(31)27-16(12-25)10-15-7-8-26-22(15)30)29(13-14)24(32)19-11-17-18(28-19)5-4-6-21(17)33-2/h4-6,11,14-16,20,23,27-28,31H,3,7-10,13H2,1-2H3,(H,26,30). The minimum absolute atomic E-state index is 0.0514. The summed E-state index contributed by atoms with van der Waals surface area (Å²) in [7, 11) is 1.59. The van der Waals surface area contributed by atoms with Crippen LogP contribution in [0, 0.1) is 23.2 Å². The quantitative estimate of drug-likeness (QED) is 0.451. The summed E-state index contributed by atoms with van der Waals surface area (Å²) < 4.78 is 5.40. The number of aromatic nitrogens is 1. The molecule has 1 aromatic carbocycles. The molecule has 0 spiro atoms. The molecule has 2 fully saturated rings. The Labute approximate surface area is 193 Å². The Kier molecular flexibility index (Phi) is 6.86. The van der Waals surface area contributed by atoms with Crippen LogP contribution in [0.5, 0.6) is 5.75 Å². The second kappa shape index (κ2) is 9.81. The van der Waals surface area contributed by atoms with Gasteiger partial charge in [-0.25, -0.2) is 0 Å². The van der Waals surface area contributed by atoms with E-state index in [0.29, 0.717) is 43.8 Å². The lowest BCUT2D eigenvalue weighted by Crippen LogP contribution is -2.52. The van der Waals surface area contributed by atoms with Crippen molar-refractivity contribution in [3.63, 3.8) is 0 Å². The molecule has 2 saturated heterocycles. The Morgan fingerprint density at radius 2 is 2.27 bits per heavy atom. The lowest BCUT2D eigenvalue weighted by molar-refractivity contribution is -0.122. The number of H-pyrrole nitrogens is 1. The molecule has 2 aliphatic heterocycles. The van der Waals surface area contributed by atoms with Crippen LogP contribution in [-0.2, 0) is 4.79 Å². The van der Waals surface area contributed by atoms with Crippen LogP contribution in [0.25, 0.3) is 10.9 Å². The van der Waals surface area contributed by atoms with Gasteiger partial charge in [0.05, 0.1) is 25.3 Å². The van der Waals surface area contributed by atoms with Gasteiger partial charge in [0.15, 0.2) is 0 Å². The van der Waals surface area contributed by atoms with Gasteiger partial charge in [0, 0.05) is 29.9 Å². The van der Waals surface area contributed by atoms with Gasteiger partial charge in [0.25, 0.3) is 5.91 Å². The number of carbonyl (C=O) groups is 2. The SMILES string of the molecule is CCC1CC(C(O)NC(C#N)CC2CCNC2=O)N(C(=O)c2cc3c(OC)cccc3[nH]2)C1. The molecule has 4 N–H and O–H groups in total. The Balaban J connectivity index is 1.51. The van der Waals surface area contributed by atoms with E-state index in [1.165, 1.54) is 0 Å². The van der Waals surface area contributed by atoms with Gasteiger partial charge in [0.2, 0.25) is 5.91 Å². The normalized spacial score (nSPS) is 24.5. The largest absolute Gasteiger partial charge is 0.496 e. The van der Waals surface area contributed by atoms with Crippen LogP contribution in [0.2, 0.25) is 0 Å². The predicted molar refractivity (Wildman–Crippen MR) is 122 cm³/mol. The van der Waals surface area contributed by atoms with Crippen molar-refractivity contribution in [2.45, 2.75) is 50.9 Å². The predicted octanol–water partition coefficient (Wildman–Crippen LogP) is 1.74. The second-order valence-electron chi connectivity index (χ2n) is 8.94. The van der Waals surface area contributed by atoms with Crippen LogP contribution in [-0.4, -0.2) is 65.3 Å². The maximum absolute atomic E-state index is 13.5. The van der Waals surface area contributed by atoms with E-state index in [9.17, 15) is 20.0 Å². The van der Waals surface area contributed by atoms with Crippen LogP contribution in [0.3, 0.4) is 0 Å². The molecule has 33 heavy (non-hydrogen) atoms. The average Bonchev–Trinajstić information content (AvgIpc) is 3.55. The molecule has 0 saturated carbocycles. The van der Waals surface area contributed by atoms with Gasteiger partial charge >= 0.3 is 0 Å². The Bertz CT molecular complexity index is 1060. The van der Waals surface area contributed by atoms with Crippen molar-refractivity contribution in [1.29, 1.82) is 5.26 Å². The fraction of sp³-hybridized carbons (Fsp3) is 0.542. The van der Waals surface area contributed by atoms with Gasteiger partial charge in [-0.1, -0.05) is 19.4 Å². The highest BCUT2D eigenvalue weighted by molar-refractivity contribution is 6.00. The molecule has 2 aromatic rings. The highest BCUT2D eigenvalue weighted by atomic mass is 16.5. The molecule has 176 valence electrons. The third-order valence-corrected chi connectivity index (χ3v) is 6.92. The maximum Gasteiger partial charge on any atom is 0.270 e. The van der Waals surface area contributed by atoms with Crippen molar-refractivity contribution in [2.75, 3.05) is 20.2 Å². The number of methoxy groups -OCH3 is 1. The zero-order valence-corrected chi connectivity index (χ0v) is 19.0. The van der Waals surface area contributed by atoms with E-state index < -0.39 is 18.3 Å². The summed E-state index contributed by atoms with van der Waals surface area (Å²) in [5, 5.41) is 27.2. The van der Waals surface area contributed by atoms with Gasteiger partial charge in [-0.3, -0.25) is 14.9 Å². The molecular weight excluding hydrogens is 422 g/mol. The zero-order chi connectivity index (χ0) is 23.5. The molecular formula is C24H31N5O4. The van der Waals surface area contributed by atoms with E-state index in [1.807, 2.05) is 18.2 Å². The fourth-order valence-corrected chi connectivity index (χ4v) is 4.99.